The lowest BCUT2D eigenvalue weighted by atomic mass is 10.1. The van der Waals surface area contributed by atoms with Crippen molar-refractivity contribution < 1.29 is 15.0 Å². The highest BCUT2D eigenvalue weighted by Crippen LogP contribution is 1.98. The maximum Gasteiger partial charge on any atom is 0.303 e. The van der Waals surface area contributed by atoms with Crippen LogP contribution in [0.15, 0.2) is 0 Å². The number of rotatable bonds is 9. The van der Waals surface area contributed by atoms with Gasteiger partial charge in [0.05, 0.1) is 0 Å². The Morgan fingerprint density at radius 1 is 1.36 bits per heavy atom. The third-order valence-corrected chi connectivity index (χ3v) is 2.12. The van der Waals surface area contributed by atoms with E-state index < -0.39 is 5.97 Å². The maximum absolute atomic E-state index is 10.3. The van der Waals surface area contributed by atoms with Crippen LogP contribution in [0.25, 0.3) is 0 Å². The normalized spacial score (nSPS) is 12.7. The summed E-state index contributed by atoms with van der Waals surface area (Å²) >= 11 is 0. The lowest BCUT2D eigenvalue weighted by molar-refractivity contribution is -0.137. The van der Waals surface area contributed by atoms with E-state index in [9.17, 15) is 4.79 Å². The minimum atomic E-state index is -0.737. The van der Waals surface area contributed by atoms with Gasteiger partial charge in [0.25, 0.3) is 0 Å². The lowest BCUT2D eigenvalue weighted by Crippen LogP contribution is -2.27. The Morgan fingerprint density at radius 2 is 2.07 bits per heavy atom. The van der Waals surface area contributed by atoms with Crippen molar-refractivity contribution in [2.24, 2.45) is 0 Å². The Kier molecular flexibility index (Phi) is 8.57. The van der Waals surface area contributed by atoms with Crippen LogP contribution in [-0.2, 0) is 4.79 Å². The van der Waals surface area contributed by atoms with Gasteiger partial charge in [-0.25, -0.2) is 0 Å². The zero-order chi connectivity index (χ0) is 10.8. The van der Waals surface area contributed by atoms with Gasteiger partial charge in [-0.1, -0.05) is 0 Å². The maximum atomic E-state index is 10.3. The highest BCUT2D eigenvalue weighted by Gasteiger charge is 2.03. The highest BCUT2D eigenvalue weighted by molar-refractivity contribution is 5.66. The van der Waals surface area contributed by atoms with E-state index in [1.54, 1.807) is 0 Å². The molecule has 0 rings (SSSR count). The SMILES string of the molecule is CC(CCC(=O)O)NCCCCCO. The number of hydrogen-bond donors (Lipinski definition) is 3. The molecule has 0 radical (unpaired) electrons. The molecule has 0 saturated heterocycles. The monoisotopic (exact) mass is 203 g/mol. The third-order valence-electron chi connectivity index (χ3n) is 2.12. The van der Waals surface area contributed by atoms with Crippen molar-refractivity contribution in [3.05, 3.63) is 0 Å². The van der Waals surface area contributed by atoms with E-state index in [4.69, 9.17) is 10.2 Å². The summed E-state index contributed by atoms with van der Waals surface area (Å²) in [6, 6.07) is 0.264. The second kappa shape index (κ2) is 8.97. The molecule has 14 heavy (non-hydrogen) atoms. The molecule has 4 nitrogen and oxygen atoms in total. The molecular weight excluding hydrogens is 182 g/mol. The number of hydrogen-bond acceptors (Lipinski definition) is 3. The van der Waals surface area contributed by atoms with Crippen molar-refractivity contribution in [3.8, 4) is 0 Å². The molecule has 0 heterocycles. The average molecular weight is 203 g/mol. The summed E-state index contributed by atoms with van der Waals surface area (Å²) in [5.41, 5.74) is 0. The van der Waals surface area contributed by atoms with E-state index in [0.29, 0.717) is 6.42 Å². The summed E-state index contributed by atoms with van der Waals surface area (Å²) < 4.78 is 0. The summed E-state index contributed by atoms with van der Waals surface area (Å²) in [5.74, 6) is -0.737. The summed E-state index contributed by atoms with van der Waals surface area (Å²) in [5, 5.41) is 20.2. The fourth-order valence-electron chi connectivity index (χ4n) is 1.20. The van der Waals surface area contributed by atoms with Crippen molar-refractivity contribution in [1.29, 1.82) is 0 Å². The molecule has 0 aromatic heterocycles. The Labute approximate surface area is 85.3 Å². The fourth-order valence-corrected chi connectivity index (χ4v) is 1.20. The molecule has 0 amide bonds. The van der Waals surface area contributed by atoms with Crippen LogP contribution in [0, 0.1) is 0 Å². The number of aliphatic hydroxyl groups excluding tert-OH is 1. The van der Waals surface area contributed by atoms with Crippen molar-refractivity contribution in [1.82, 2.24) is 5.32 Å². The molecule has 0 spiro atoms. The van der Waals surface area contributed by atoms with Crippen LogP contribution < -0.4 is 5.32 Å². The summed E-state index contributed by atoms with van der Waals surface area (Å²) in [7, 11) is 0. The van der Waals surface area contributed by atoms with Crippen LogP contribution in [0.4, 0.5) is 0 Å². The minimum Gasteiger partial charge on any atom is -0.481 e. The molecule has 3 N–H and O–H groups in total. The first kappa shape index (κ1) is 13.4. The van der Waals surface area contributed by atoms with Crippen molar-refractivity contribution in [2.45, 2.75) is 45.1 Å². The predicted octanol–water partition coefficient (Wildman–Crippen LogP) is 0.992. The topological polar surface area (TPSA) is 69.6 Å². The standard InChI is InChI=1S/C10H21NO3/c1-9(5-6-10(13)14)11-7-3-2-4-8-12/h9,11-12H,2-8H2,1H3,(H,13,14). The Balaban J connectivity index is 3.18. The van der Waals surface area contributed by atoms with Crippen LogP contribution in [0.3, 0.4) is 0 Å². The summed E-state index contributed by atoms with van der Waals surface area (Å²) in [6.07, 6.45) is 3.82. The van der Waals surface area contributed by atoms with E-state index in [0.717, 1.165) is 25.8 Å². The van der Waals surface area contributed by atoms with Gasteiger partial charge in [-0.3, -0.25) is 4.79 Å². The minimum absolute atomic E-state index is 0.227. The van der Waals surface area contributed by atoms with Gasteiger partial charge in [0.2, 0.25) is 0 Å². The number of carbonyl (C=O) groups is 1. The van der Waals surface area contributed by atoms with E-state index in [2.05, 4.69) is 5.32 Å². The molecule has 0 bridgehead atoms. The second-order valence-corrected chi connectivity index (χ2v) is 3.57. The van der Waals surface area contributed by atoms with Gasteiger partial charge in [-0.2, -0.15) is 0 Å². The van der Waals surface area contributed by atoms with Gasteiger partial charge in [-0.05, 0) is 39.2 Å². The van der Waals surface area contributed by atoms with E-state index >= 15 is 0 Å². The first-order valence-corrected chi connectivity index (χ1v) is 5.23. The molecule has 4 heteroatoms. The number of nitrogens with one attached hydrogen (secondary N) is 1. The van der Waals surface area contributed by atoms with Crippen molar-refractivity contribution >= 4 is 5.97 Å². The fraction of sp³-hybridized carbons (Fsp3) is 0.900. The van der Waals surface area contributed by atoms with Gasteiger partial charge in [0.1, 0.15) is 0 Å². The van der Waals surface area contributed by atoms with Crippen LogP contribution in [-0.4, -0.2) is 35.4 Å². The van der Waals surface area contributed by atoms with Crippen molar-refractivity contribution in [2.75, 3.05) is 13.2 Å². The molecule has 1 atom stereocenters. The molecule has 0 aromatic rings. The Bertz CT molecular complexity index is 150. The van der Waals surface area contributed by atoms with Crippen LogP contribution in [0.2, 0.25) is 0 Å². The zero-order valence-corrected chi connectivity index (χ0v) is 8.83. The average Bonchev–Trinajstić information content (AvgIpc) is 2.14. The number of aliphatic carboxylic acids is 1. The number of aliphatic hydroxyl groups is 1. The molecule has 0 aliphatic rings. The molecule has 0 aliphatic heterocycles. The van der Waals surface area contributed by atoms with E-state index in [1.165, 1.54) is 0 Å². The molecule has 0 saturated carbocycles. The third kappa shape index (κ3) is 9.48. The Morgan fingerprint density at radius 3 is 2.64 bits per heavy atom. The predicted molar refractivity (Wildman–Crippen MR) is 55.3 cm³/mol. The van der Waals surface area contributed by atoms with Crippen molar-refractivity contribution in [3.63, 3.8) is 0 Å². The van der Waals surface area contributed by atoms with Gasteiger partial charge < -0.3 is 15.5 Å². The molecular formula is C10H21NO3. The van der Waals surface area contributed by atoms with Gasteiger partial charge in [0, 0.05) is 19.1 Å². The quantitative estimate of drug-likeness (QED) is 0.489. The van der Waals surface area contributed by atoms with Crippen LogP contribution >= 0.6 is 0 Å². The van der Waals surface area contributed by atoms with E-state index in [1.807, 2.05) is 6.92 Å². The zero-order valence-electron chi connectivity index (χ0n) is 8.83. The molecule has 0 aromatic carbocycles. The lowest BCUT2D eigenvalue weighted by Gasteiger charge is -2.11. The largest absolute Gasteiger partial charge is 0.481 e. The summed E-state index contributed by atoms with van der Waals surface area (Å²) in [4.78, 5) is 10.3. The molecule has 0 fully saturated rings. The molecule has 84 valence electrons. The summed E-state index contributed by atoms with van der Waals surface area (Å²) in [6.45, 7) is 3.16. The second-order valence-electron chi connectivity index (χ2n) is 3.57. The van der Waals surface area contributed by atoms with Gasteiger partial charge in [0.15, 0.2) is 0 Å². The van der Waals surface area contributed by atoms with Crippen LogP contribution in [0.1, 0.15) is 39.0 Å². The molecule has 1 unspecified atom stereocenters. The first-order chi connectivity index (χ1) is 6.66. The Hall–Kier alpha value is -0.610. The van der Waals surface area contributed by atoms with Gasteiger partial charge >= 0.3 is 5.97 Å². The highest BCUT2D eigenvalue weighted by atomic mass is 16.4. The molecule has 0 aliphatic carbocycles. The smallest absolute Gasteiger partial charge is 0.303 e. The number of carboxylic acid groups (broad SMARTS) is 1. The van der Waals surface area contributed by atoms with E-state index in [-0.39, 0.29) is 19.1 Å². The van der Waals surface area contributed by atoms with Crippen LogP contribution in [0.5, 0.6) is 0 Å². The first-order valence-electron chi connectivity index (χ1n) is 5.23. The number of carboxylic acids is 1. The van der Waals surface area contributed by atoms with Gasteiger partial charge in [-0.15, -0.1) is 0 Å². The number of unbranched alkanes of at least 4 members (excludes halogenated alkanes) is 2.